The van der Waals surface area contributed by atoms with Crippen molar-refractivity contribution in [3.8, 4) is 0 Å². The van der Waals surface area contributed by atoms with Crippen LogP contribution in [0.2, 0.25) is 0 Å². The Labute approximate surface area is 107 Å². The van der Waals surface area contributed by atoms with Crippen LogP contribution in [0, 0.1) is 5.92 Å². The number of hydrogen-bond acceptors (Lipinski definition) is 4. The SMILES string of the molecule is CCC/C=C/C(C(=O)OCC)C1=CC(O)CC1=O. The van der Waals surface area contributed by atoms with Crippen LogP contribution in [0.15, 0.2) is 23.8 Å². The number of ether oxygens (including phenoxy) is 1. The lowest BCUT2D eigenvalue weighted by Crippen LogP contribution is -2.20. The molecule has 0 saturated heterocycles. The molecular weight excluding hydrogens is 232 g/mol. The van der Waals surface area contributed by atoms with E-state index in [-0.39, 0.29) is 18.8 Å². The normalized spacial score (nSPS) is 21.2. The number of Topliss-reactive ketones (excluding diaryl/α,β-unsaturated/α-hetero) is 1. The lowest BCUT2D eigenvalue weighted by atomic mass is 9.96. The Balaban J connectivity index is 2.86. The standard InChI is InChI=1S/C14H20O4/c1-3-5-6-7-11(14(17)18-4-2)12-8-10(15)9-13(12)16/h6-8,10-11,15H,3-5,9H2,1-2H3/b7-6+. The van der Waals surface area contributed by atoms with E-state index < -0.39 is 18.0 Å². The summed E-state index contributed by atoms with van der Waals surface area (Å²) in [7, 11) is 0. The molecule has 0 bridgehead atoms. The van der Waals surface area contributed by atoms with Crippen LogP contribution in [-0.2, 0) is 14.3 Å². The first-order valence-corrected chi connectivity index (χ1v) is 6.36. The van der Waals surface area contributed by atoms with Gasteiger partial charge in [0.15, 0.2) is 5.78 Å². The summed E-state index contributed by atoms with van der Waals surface area (Å²) >= 11 is 0. The third-order valence-electron chi connectivity index (χ3n) is 2.75. The minimum Gasteiger partial charge on any atom is -0.465 e. The Hall–Kier alpha value is -1.42. The zero-order valence-electron chi connectivity index (χ0n) is 10.9. The Morgan fingerprint density at radius 2 is 2.33 bits per heavy atom. The van der Waals surface area contributed by atoms with Gasteiger partial charge in [0, 0.05) is 12.0 Å². The molecule has 0 spiro atoms. The smallest absolute Gasteiger partial charge is 0.317 e. The van der Waals surface area contributed by atoms with Crippen molar-refractivity contribution in [2.75, 3.05) is 6.61 Å². The molecule has 0 aromatic carbocycles. The van der Waals surface area contributed by atoms with Gasteiger partial charge in [-0.05, 0) is 19.4 Å². The average Bonchev–Trinajstić information content (AvgIpc) is 2.64. The zero-order chi connectivity index (χ0) is 13.5. The zero-order valence-corrected chi connectivity index (χ0v) is 10.9. The lowest BCUT2D eigenvalue weighted by Gasteiger charge is -2.12. The Morgan fingerprint density at radius 3 is 2.83 bits per heavy atom. The van der Waals surface area contributed by atoms with E-state index in [0.717, 1.165) is 12.8 Å². The van der Waals surface area contributed by atoms with Crippen molar-refractivity contribution in [1.82, 2.24) is 0 Å². The average molecular weight is 252 g/mol. The maximum atomic E-state index is 11.8. The molecule has 18 heavy (non-hydrogen) atoms. The van der Waals surface area contributed by atoms with Gasteiger partial charge in [0.1, 0.15) is 5.92 Å². The van der Waals surface area contributed by atoms with Gasteiger partial charge in [0.2, 0.25) is 0 Å². The number of aliphatic hydroxyl groups is 1. The molecule has 1 N–H and O–H groups in total. The molecule has 1 aliphatic carbocycles. The van der Waals surface area contributed by atoms with E-state index in [4.69, 9.17) is 4.74 Å². The Morgan fingerprint density at radius 1 is 1.61 bits per heavy atom. The summed E-state index contributed by atoms with van der Waals surface area (Å²) in [4.78, 5) is 23.5. The summed E-state index contributed by atoms with van der Waals surface area (Å²) < 4.78 is 4.97. The Kier molecular flexibility index (Phi) is 5.78. The maximum Gasteiger partial charge on any atom is 0.317 e. The molecule has 0 heterocycles. The second kappa shape index (κ2) is 7.11. The quantitative estimate of drug-likeness (QED) is 0.578. The fourth-order valence-electron chi connectivity index (χ4n) is 1.88. The summed E-state index contributed by atoms with van der Waals surface area (Å²) in [6, 6.07) is 0. The monoisotopic (exact) mass is 252 g/mol. The van der Waals surface area contributed by atoms with Crippen LogP contribution in [0.4, 0.5) is 0 Å². The number of unbranched alkanes of at least 4 members (excludes halogenated alkanes) is 1. The number of allylic oxidation sites excluding steroid dienone is 1. The van der Waals surface area contributed by atoms with Crippen LogP contribution in [0.3, 0.4) is 0 Å². The molecule has 4 nitrogen and oxygen atoms in total. The minimum atomic E-state index is -0.774. The first kappa shape index (κ1) is 14.6. The molecule has 0 amide bonds. The largest absolute Gasteiger partial charge is 0.465 e. The van der Waals surface area contributed by atoms with Crippen LogP contribution in [0.5, 0.6) is 0 Å². The molecular formula is C14H20O4. The molecule has 2 atom stereocenters. The lowest BCUT2D eigenvalue weighted by molar-refractivity contribution is -0.145. The minimum absolute atomic E-state index is 0.0624. The highest BCUT2D eigenvalue weighted by atomic mass is 16.5. The number of esters is 1. The van der Waals surface area contributed by atoms with Crippen LogP contribution in [-0.4, -0.2) is 29.6 Å². The maximum absolute atomic E-state index is 11.8. The van der Waals surface area contributed by atoms with Gasteiger partial charge in [-0.25, -0.2) is 0 Å². The number of rotatable bonds is 6. The van der Waals surface area contributed by atoms with Gasteiger partial charge in [-0.2, -0.15) is 0 Å². The molecule has 1 rings (SSSR count). The fourth-order valence-corrected chi connectivity index (χ4v) is 1.88. The number of aliphatic hydroxyl groups excluding tert-OH is 1. The van der Waals surface area contributed by atoms with Crippen molar-refractivity contribution in [2.45, 2.75) is 39.2 Å². The van der Waals surface area contributed by atoms with Crippen molar-refractivity contribution >= 4 is 11.8 Å². The van der Waals surface area contributed by atoms with Gasteiger partial charge >= 0.3 is 5.97 Å². The molecule has 1 aliphatic rings. The fraction of sp³-hybridized carbons (Fsp3) is 0.571. The molecule has 0 aliphatic heterocycles. The summed E-state index contributed by atoms with van der Waals surface area (Å²) in [5.41, 5.74) is 0.355. The third kappa shape index (κ3) is 3.81. The molecule has 2 unspecified atom stereocenters. The van der Waals surface area contributed by atoms with E-state index in [2.05, 4.69) is 0 Å². The topological polar surface area (TPSA) is 63.6 Å². The number of carbonyl (C=O) groups excluding carboxylic acids is 2. The highest BCUT2D eigenvalue weighted by molar-refractivity contribution is 6.03. The number of hydrogen-bond donors (Lipinski definition) is 1. The highest BCUT2D eigenvalue weighted by Gasteiger charge is 2.32. The van der Waals surface area contributed by atoms with E-state index >= 15 is 0 Å². The second-order valence-electron chi connectivity index (χ2n) is 4.26. The molecule has 0 aromatic rings. The summed E-state index contributed by atoms with van der Waals surface area (Å²) in [5, 5.41) is 9.43. The number of carbonyl (C=O) groups is 2. The van der Waals surface area contributed by atoms with Crippen molar-refractivity contribution in [3.05, 3.63) is 23.8 Å². The first-order valence-electron chi connectivity index (χ1n) is 6.36. The van der Waals surface area contributed by atoms with E-state index in [1.54, 1.807) is 13.0 Å². The van der Waals surface area contributed by atoms with E-state index in [9.17, 15) is 14.7 Å². The third-order valence-corrected chi connectivity index (χ3v) is 2.75. The molecule has 100 valence electrons. The van der Waals surface area contributed by atoms with E-state index in [0.29, 0.717) is 5.57 Å². The van der Waals surface area contributed by atoms with Gasteiger partial charge in [-0.1, -0.05) is 25.5 Å². The van der Waals surface area contributed by atoms with E-state index in [1.165, 1.54) is 6.08 Å². The van der Waals surface area contributed by atoms with Gasteiger partial charge in [-0.3, -0.25) is 9.59 Å². The van der Waals surface area contributed by atoms with Crippen LogP contribution in [0.25, 0.3) is 0 Å². The van der Waals surface area contributed by atoms with Gasteiger partial charge in [0.25, 0.3) is 0 Å². The predicted molar refractivity (Wildman–Crippen MR) is 67.9 cm³/mol. The van der Waals surface area contributed by atoms with Gasteiger partial charge < -0.3 is 9.84 Å². The molecule has 0 radical (unpaired) electrons. The summed E-state index contributed by atoms with van der Waals surface area (Å²) in [6.07, 6.45) is 6.14. The van der Waals surface area contributed by atoms with Crippen molar-refractivity contribution in [2.24, 2.45) is 5.92 Å². The van der Waals surface area contributed by atoms with Crippen molar-refractivity contribution in [3.63, 3.8) is 0 Å². The van der Waals surface area contributed by atoms with Crippen LogP contribution < -0.4 is 0 Å². The van der Waals surface area contributed by atoms with E-state index in [1.807, 2.05) is 13.0 Å². The molecule has 4 heteroatoms. The van der Waals surface area contributed by atoms with Crippen LogP contribution in [0.1, 0.15) is 33.1 Å². The molecule has 0 saturated carbocycles. The van der Waals surface area contributed by atoms with Crippen molar-refractivity contribution in [1.29, 1.82) is 0 Å². The highest BCUT2D eigenvalue weighted by Crippen LogP contribution is 2.25. The first-order chi connectivity index (χ1) is 8.60. The Bertz CT molecular complexity index is 368. The predicted octanol–water partition coefficient (Wildman–Crippen LogP) is 1.78. The molecule has 0 fully saturated rings. The summed E-state index contributed by atoms with van der Waals surface area (Å²) in [6.45, 7) is 4.04. The van der Waals surface area contributed by atoms with Crippen LogP contribution >= 0.6 is 0 Å². The van der Waals surface area contributed by atoms with Crippen molar-refractivity contribution < 1.29 is 19.4 Å². The second-order valence-corrected chi connectivity index (χ2v) is 4.26. The van der Waals surface area contributed by atoms with Gasteiger partial charge in [-0.15, -0.1) is 0 Å². The summed E-state index contributed by atoms with van der Waals surface area (Å²) in [5.74, 6) is -1.29. The number of ketones is 1. The molecule has 0 aromatic heterocycles. The van der Waals surface area contributed by atoms with Gasteiger partial charge in [0.05, 0.1) is 12.7 Å².